The normalized spacial score (nSPS) is 12.9. The zero-order valence-corrected chi connectivity index (χ0v) is 8.75. The Kier molecular flexibility index (Phi) is 2.96. The second kappa shape index (κ2) is 4.39. The van der Waals surface area contributed by atoms with Gasteiger partial charge in [0.25, 0.3) is 0 Å². The number of thiazole rings is 1. The van der Waals surface area contributed by atoms with Crippen molar-refractivity contribution >= 4 is 11.3 Å². The molecule has 1 N–H and O–H groups in total. The molecule has 0 saturated carbocycles. The number of nitrogens with zero attached hydrogens (tertiary/aromatic N) is 1. The van der Waals surface area contributed by atoms with E-state index in [-0.39, 0.29) is 6.04 Å². The van der Waals surface area contributed by atoms with Crippen molar-refractivity contribution in [1.29, 1.82) is 0 Å². The Labute approximate surface area is 86.8 Å². The summed E-state index contributed by atoms with van der Waals surface area (Å²) >= 11 is 1.66. The van der Waals surface area contributed by atoms with Gasteiger partial charge in [-0.25, -0.2) is 4.98 Å². The van der Waals surface area contributed by atoms with Gasteiger partial charge in [-0.1, -0.05) is 0 Å². The number of hydrogen-bond acceptors (Lipinski definition) is 4. The molecule has 2 aromatic heterocycles. The van der Waals surface area contributed by atoms with Gasteiger partial charge >= 0.3 is 0 Å². The van der Waals surface area contributed by atoms with Crippen LogP contribution in [0.5, 0.6) is 0 Å². The van der Waals surface area contributed by atoms with E-state index >= 15 is 0 Å². The van der Waals surface area contributed by atoms with Crippen molar-refractivity contribution in [3.8, 4) is 0 Å². The molecule has 0 aliphatic carbocycles. The molecule has 0 bridgehead atoms. The second-order valence-electron chi connectivity index (χ2n) is 3.05. The number of hydrogen-bond donors (Lipinski definition) is 1. The van der Waals surface area contributed by atoms with Crippen LogP contribution in [0.25, 0.3) is 0 Å². The van der Waals surface area contributed by atoms with Crippen molar-refractivity contribution in [2.24, 2.45) is 0 Å². The van der Waals surface area contributed by atoms with Gasteiger partial charge in [-0.05, 0) is 19.1 Å². The summed E-state index contributed by atoms with van der Waals surface area (Å²) in [6.07, 6.45) is 3.51. The standard InChI is InChI=1S/C10H12N2OS/c1-8(10-11-4-6-14-10)12-7-9-3-2-5-13-9/h2-6,8,12H,7H2,1H3. The summed E-state index contributed by atoms with van der Waals surface area (Å²) in [7, 11) is 0. The van der Waals surface area contributed by atoms with E-state index in [0.29, 0.717) is 0 Å². The van der Waals surface area contributed by atoms with Crippen molar-refractivity contribution in [2.45, 2.75) is 19.5 Å². The molecule has 14 heavy (non-hydrogen) atoms. The number of furan rings is 1. The van der Waals surface area contributed by atoms with Gasteiger partial charge in [-0.2, -0.15) is 0 Å². The van der Waals surface area contributed by atoms with Crippen LogP contribution in [-0.2, 0) is 6.54 Å². The molecule has 0 saturated heterocycles. The summed E-state index contributed by atoms with van der Waals surface area (Å²) in [4.78, 5) is 4.24. The lowest BCUT2D eigenvalue weighted by Crippen LogP contribution is -2.17. The Morgan fingerprint density at radius 1 is 1.64 bits per heavy atom. The molecule has 1 unspecified atom stereocenters. The van der Waals surface area contributed by atoms with E-state index in [1.807, 2.05) is 23.7 Å². The molecular formula is C10H12N2OS. The van der Waals surface area contributed by atoms with E-state index < -0.39 is 0 Å². The van der Waals surface area contributed by atoms with Crippen molar-refractivity contribution < 1.29 is 4.42 Å². The van der Waals surface area contributed by atoms with Gasteiger partial charge in [0.1, 0.15) is 10.8 Å². The molecule has 4 heteroatoms. The van der Waals surface area contributed by atoms with E-state index in [0.717, 1.165) is 17.3 Å². The second-order valence-corrected chi connectivity index (χ2v) is 3.98. The minimum atomic E-state index is 0.278. The summed E-state index contributed by atoms with van der Waals surface area (Å²) in [6, 6.07) is 4.13. The summed E-state index contributed by atoms with van der Waals surface area (Å²) < 4.78 is 5.22. The number of rotatable bonds is 4. The van der Waals surface area contributed by atoms with Crippen LogP contribution in [0.3, 0.4) is 0 Å². The smallest absolute Gasteiger partial charge is 0.117 e. The quantitative estimate of drug-likeness (QED) is 0.839. The third-order valence-corrected chi connectivity index (χ3v) is 2.94. The van der Waals surface area contributed by atoms with Gasteiger partial charge in [0.2, 0.25) is 0 Å². The first-order valence-electron chi connectivity index (χ1n) is 4.51. The van der Waals surface area contributed by atoms with Crippen molar-refractivity contribution in [3.63, 3.8) is 0 Å². The first-order chi connectivity index (χ1) is 6.86. The predicted molar refractivity (Wildman–Crippen MR) is 56.1 cm³/mol. The van der Waals surface area contributed by atoms with E-state index in [9.17, 15) is 0 Å². The molecule has 74 valence electrons. The summed E-state index contributed by atoms with van der Waals surface area (Å²) in [5.74, 6) is 0.952. The van der Waals surface area contributed by atoms with Gasteiger partial charge in [0.05, 0.1) is 18.8 Å². The van der Waals surface area contributed by atoms with E-state index in [2.05, 4.69) is 17.2 Å². The Morgan fingerprint density at radius 3 is 3.21 bits per heavy atom. The van der Waals surface area contributed by atoms with Crippen LogP contribution in [0.4, 0.5) is 0 Å². The highest BCUT2D eigenvalue weighted by Crippen LogP contribution is 2.15. The average Bonchev–Trinajstić information content (AvgIpc) is 2.87. The van der Waals surface area contributed by atoms with E-state index in [1.54, 1.807) is 17.6 Å². The third kappa shape index (κ3) is 2.21. The summed E-state index contributed by atoms with van der Waals surface area (Å²) in [5.41, 5.74) is 0. The van der Waals surface area contributed by atoms with Gasteiger partial charge in [0.15, 0.2) is 0 Å². The maximum atomic E-state index is 5.22. The molecule has 0 aliphatic heterocycles. The van der Waals surface area contributed by atoms with Crippen LogP contribution < -0.4 is 5.32 Å². The van der Waals surface area contributed by atoms with Crippen molar-refractivity contribution in [1.82, 2.24) is 10.3 Å². The lowest BCUT2D eigenvalue weighted by atomic mass is 10.3. The zero-order valence-electron chi connectivity index (χ0n) is 7.93. The Morgan fingerprint density at radius 2 is 2.57 bits per heavy atom. The number of aromatic nitrogens is 1. The largest absolute Gasteiger partial charge is 0.468 e. The molecule has 2 heterocycles. The first kappa shape index (κ1) is 9.43. The maximum Gasteiger partial charge on any atom is 0.117 e. The fraction of sp³-hybridized carbons (Fsp3) is 0.300. The van der Waals surface area contributed by atoms with Crippen molar-refractivity contribution in [2.75, 3.05) is 0 Å². The summed E-state index contributed by atoms with van der Waals surface area (Å²) in [6.45, 7) is 2.84. The molecule has 0 aromatic carbocycles. The van der Waals surface area contributed by atoms with Gasteiger partial charge in [-0.3, -0.25) is 0 Å². The van der Waals surface area contributed by atoms with Crippen LogP contribution in [0, 0.1) is 0 Å². The van der Waals surface area contributed by atoms with Crippen LogP contribution in [0.15, 0.2) is 34.4 Å². The molecular weight excluding hydrogens is 196 g/mol. The molecule has 2 rings (SSSR count). The molecule has 0 spiro atoms. The molecule has 0 aliphatic rings. The molecule has 1 atom stereocenters. The van der Waals surface area contributed by atoms with Crippen LogP contribution in [0.1, 0.15) is 23.7 Å². The minimum absolute atomic E-state index is 0.278. The highest BCUT2D eigenvalue weighted by Gasteiger charge is 2.07. The fourth-order valence-electron chi connectivity index (χ4n) is 1.20. The van der Waals surface area contributed by atoms with Crippen LogP contribution in [-0.4, -0.2) is 4.98 Å². The SMILES string of the molecule is CC(NCc1ccco1)c1nccs1. The molecule has 2 aromatic rings. The fourth-order valence-corrected chi connectivity index (χ4v) is 1.87. The minimum Gasteiger partial charge on any atom is -0.468 e. The molecule has 0 radical (unpaired) electrons. The van der Waals surface area contributed by atoms with Gasteiger partial charge in [0, 0.05) is 11.6 Å². The molecule has 0 fully saturated rings. The average molecular weight is 208 g/mol. The highest BCUT2D eigenvalue weighted by atomic mass is 32.1. The Balaban J connectivity index is 1.87. The topological polar surface area (TPSA) is 38.1 Å². The first-order valence-corrected chi connectivity index (χ1v) is 5.39. The van der Waals surface area contributed by atoms with E-state index in [4.69, 9.17) is 4.42 Å². The van der Waals surface area contributed by atoms with Crippen LogP contribution in [0.2, 0.25) is 0 Å². The van der Waals surface area contributed by atoms with Gasteiger partial charge < -0.3 is 9.73 Å². The Bertz CT molecular complexity index is 355. The monoisotopic (exact) mass is 208 g/mol. The van der Waals surface area contributed by atoms with Gasteiger partial charge in [-0.15, -0.1) is 11.3 Å². The maximum absolute atomic E-state index is 5.22. The van der Waals surface area contributed by atoms with E-state index in [1.165, 1.54) is 0 Å². The zero-order chi connectivity index (χ0) is 9.80. The molecule has 0 amide bonds. The Hall–Kier alpha value is -1.13. The lowest BCUT2D eigenvalue weighted by molar-refractivity contribution is 0.460. The lowest BCUT2D eigenvalue weighted by Gasteiger charge is -2.08. The summed E-state index contributed by atoms with van der Waals surface area (Å²) in [5, 5.41) is 6.44. The third-order valence-electron chi connectivity index (χ3n) is 1.98. The predicted octanol–water partition coefficient (Wildman–Crippen LogP) is 2.59. The number of nitrogens with one attached hydrogen (secondary N) is 1. The van der Waals surface area contributed by atoms with Crippen molar-refractivity contribution in [3.05, 3.63) is 40.7 Å². The van der Waals surface area contributed by atoms with Crippen LogP contribution >= 0.6 is 11.3 Å². The highest BCUT2D eigenvalue weighted by molar-refractivity contribution is 7.09. The molecule has 3 nitrogen and oxygen atoms in total.